The summed E-state index contributed by atoms with van der Waals surface area (Å²) in [5.74, 6) is 1.82. The van der Waals surface area contributed by atoms with Crippen LogP contribution in [0.3, 0.4) is 0 Å². The zero-order valence-corrected chi connectivity index (χ0v) is 20.2. The van der Waals surface area contributed by atoms with E-state index >= 15 is 0 Å². The van der Waals surface area contributed by atoms with Crippen LogP contribution in [0.15, 0.2) is 42.5 Å². The molecule has 5 rings (SSSR count). The Kier molecular flexibility index (Phi) is 5.83. The molecule has 3 N–H and O–H groups in total. The van der Waals surface area contributed by atoms with Gasteiger partial charge in [0.2, 0.25) is 12.7 Å². The average molecular weight is 471 g/mol. The third-order valence-electron chi connectivity index (χ3n) is 7.80. The molecule has 0 spiro atoms. The molecule has 0 radical (unpaired) electrons. The summed E-state index contributed by atoms with van der Waals surface area (Å²) in [6, 6.07) is 13.8. The molecule has 3 aliphatic heterocycles. The molecule has 2 fully saturated rings. The number of nitrogen functional groups attached to an aromatic ring is 1. The Morgan fingerprint density at radius 3 is 2.48 bits per heavy atom. The summed E-state index contributed by atoms with van der Waals surface area (Å²) in [7, 11) is 2.12. The van der Waals surface area contributed by atoms with Crippen LogP contribution < -0.4 is 15.2 Å². The number of nitrogens with one attached hydrogen (secondary N) is 1. The normalized spacial score (nSPS) is 27.4. The molecular weight excluding hydrogens is 440 g/mol. The summed E-state index contributed by atoms with van der Waals surface area (Å²) >= 11 is 0. The van der Waals surface area contributed by atoms with Gasteiger partial charge in [0.05, 0.1) is 5.92 Å². The second-order valence-corrected chi connectivity index (χ2v) is 9.69. The third kappa shape index (κ3) is 3.54. The number of hydrogen-bond donors (Lipinski definition) is 2. The largest absolute Gasteiger partial charge is 0.454 e. The highest BCUT2D eigenvalue weighted by Gasteiger charge is 2.62. The summed E-state index contributed by atoms with van der Waals surface area (Å²) in [5, 5.41) is 7.66. The van der Waals surface area contributed by atoms with Crippen LogP contribution in [0.1, 0.15) is 43.5 Å². The van der Waals surface area contributed by atoms with Gasteiger partial charge >= 0.3 is 0 Å². The Labute approximate surface area is 200 Å². The van der Waals surface area contributed by atoms with Gasteiger partial charge in [-0.2, -0.15) is 0 Å². The predicted octanol–water partition coefficient (Wildman–Crippen LogP) is 3.55. The predicted molar refractivity (Wildman–Crippen MR) is 129 cm³/mol. The van der Waals surface area contributed by atoms with Crippen molar-refractivity contribution in [2.45, 2.75) is 44.9 Å². The minimum Gasteiger partial charge on any atom is -0.454 e. The maximum absolute atomic E-state index is 13.8. The van der Waals surface area contributed by atoms with Gasteiger partial charge in [-0.1, -0.05) is 30.3 Å². The lowest BCUT2D eigenvalue weighted by atomic mass is 9.78. The van der Waals surface area contributed by atoms with Crippen molar-refractivity contribution in [3.63, 3.8) is 0 Å². The van der Waals surface area contributed by atoms with E-state index in [1.807, 2.05) is 47.4 Å². The smallest absolute Gasteiger partial charge is 0.231 e. The number of halogens is 1. The summed E-state index contributed by atoms with van der Waals surface area (Å²) in [6.45, 7) is 7.45. The maximum Gasteiger partial charge on any atom is 0.231 e. The fourth-order valence-electron chi connectivity index (χ4n) is 5.98. The van der Waals surface area contributed by atoms with Crippen molar-refractivity contribution in [1.82, 2.24) is 9.80 Å². The van der Waals surface area contributed by atoms with Crippen LogP contribution in [-0.4, -0.2) is 47.0 Å². The number of rotatable bonds is 4. The van der Waals surface area contributed by atoms with Gasteiger partial charge in [0.15, 0.2) is 11.5 Å². The monoisotopic (exact) mass is 470 g/mol. The number of benzene rings is 2. The van der Waals surface area contributed by atoms with Gasteiger partial charge in [0, 0.05) is 35.6 Å². The van der Waals surface area contributed by atoms with E-state index < -0.39 is 0 Å². The molecular formula is C25H31ClN4O3. The average Bonchev–Trinajstić information content (AvgIpc) is 3.38. The van der Waals surface area contributed by atoms with Gasteiger partial charge in [-0.05, 0) is 51.1 Å². The van der Waals surface area contributed by atoms with Gasteiger partial charge in [0.25, 0.3) is 0 Å². The molecule has 2 saturated heterocycles. The molecule has 2 aromatic carbocycles. The highest BCUT2D eigenvalue weighted by molar-refractivity contribution is 5.95. The number of amidine groups is 1. The first-order valence-electron chi connectivity index (χ1n) is 11.1. The molecule has 0 saturated carbocycles. The highest BCUT2D eigenvalue weighted by atomic mass is 35.5. The second kappa shape index (κ2) is 8.22. The van der Waals surface area contributed by atoms with Gasteiger partial charge in [-0.15, -0.1) is 12.4 Å². The first kappa shape index (κ1) is 23.4. The van der Waals surface area contributed by atoms with Crippen LogP contribution in [-0.2, 0) is 11.3 Å². The molecule has 3 heterocycles. The van der Waals surface area contributed by atoms with Crippen molar-refractivity contribution >= 4 is 24.1 Å². The molecule has 0 aromatic heterocycles. The number of likely N-dealkylation sites (tertiary alicyclic amines) is 2. The number of amides is 1. The van der Waals surface area contributed by atoms with E-state index in [2.05, 4.69) is 32.7 Å². The van der Waals surface area contributed by atoms with Crippen molar-refractivity contribution in [2.24, 2.45) is 17.6 Å². The van der Waals surface area contributed by atoms with E-state index in [9.17, 15) is 4.79 Å². The van der Waals surface area contributed by atoms with Crippen molar-refractivity contribution < 1.29 is 14.3 Å². The van der Waals surface area contributed by atoms with E-state index in [1.165, 1.54) is 0 Å². The van der Waals surface area contributed by atoms with Gasteiger partial charge in [-0.25, -0.2) is 0 Å². The molecule has 8 heteroatoms. The van der Waals surface area contributed by atoms with Crippen molar-refractivity contribution in [2.75, 3.05) is 13.8 Å². The third-order valence-corrected chi connectivity index (χ3v) is 7.80. The number of fused-ring (bicyclic) bond motifs is 2. The zero-order chi connectivity index (χ0) is 22.8. The Balaban J connectivity index is 0.00000259. The number of nitrogens with zero attached hydrogens (tertiary/aromatic N) is 2. The van der Waals surface area contributed by atoms with Crippen molar-refractivity contribution in [3.8, 4) is 11.5 Å². The summed E-state index contributed by atoms with van der Waals surface area (Å²) in [6.07, 6.45) is 0. The van der Waals surface area contributed by atoms with Crippen LogP contribution in [0, 0.1) is 17.2 Å². The molecule has 2 aromatic rings. The minimum absolute atomic E-state index is 0. The molecule has 176 valence electrons. The Morgan fingerprint density at radius 1 is 1.15 bits per heavy atom. The molecule has 4 unspecified atom stereocenters. The molecule has 7 nitrogen and oxygen atoms in total. The topological polar surface area (TPSA) is 91.9 Å². The quantitative estimate of drug-likeness (QED) is 0.526. The van der Waals surface area contributed by atoms with Crippen LogP contribution in [0.5, 0.6) is 11.5 Å². The van der Waals surface area contributed by atoms with E-state index in [-0.39, 0.29) is 60.4 Å². The van der Waals surface area contributed by atoms with Gasteiger partial charge in [-0.3, -0.25) is 15.1 Å². The Morgan fingerprint density at radius 2 is 1.82 bits per heavy atom. The SMILES string of the molecule is CC1C2C(C(=O)N1Cc1ccc3c(c1)OCO3)C(c1ccc(C(=N)N)cc1)N(C)C2(C)C.Cl. The lowest BCUT2D eigenvalue weighted by Crippen LogP contribution is -2.47. The maximum atomic E-state index is 13.8. The van der Waals surface area contributed by atoms with E-state index in [0.29, 0.717) is 12.1 Å². The Bertz CT molecular complexity index is 1090. The summed E-state index contributed by atoms with van der Waals surface area (Å²) in [5.41, 5.74) is 8.31. The lowest BCUT2D eigenvalue weighted by molar-refractivity contribution is -0.133. The van der Waals surface area contributed by atoms with E-state index in [4.69, 9.17) is 20.6 Å². The number of carbonyl (C=O) groups excluding carboxylic acids is 1. The standard InChI is InChI=1S/C25H30N4O3.ClH/c1-14-21-20(24(30)29(14)12-15-5-10-18-19(11-15)32-13-31-18)22(28(4)25(21,2)3)16-6-8-17(9-7-16)23(26)27;/h5-11,14,20-22H,12-13H2,1-4H3,(H3,26,27);1H. The van der Waals surface area contributed by atoms with Crippen molar-refractivity contribution in [1.29, 1.82) is 5.41 Å². The summed E-state index contributed by atoms with van der Waals surface area (Å²) < 4.78 is 10.9. The van der Waals surface area contributed by atoms with Gasteiger partial charge < -0.3 is 20.1 Å². The van der Waals surface area contributed by atoms with Crippen LogP contribution in [0.2, 0.25) is 0 Å². The molecule has 3 aliphatic rings. The molecule has 0 aliphatic carbocycles. The van der Waals surface area contributed by atoms with Crippen LogP contribution in [0.4, 0.5) is 0 Å². The fourth-order valence-corrected chi connectivity index (χ4v) is 5.98. The van der Waals surface area contributed by atoms with Crippen LogP contribution >= 0.6 is 12.4 Å². The van der Waals surface area contributed by atoms with Crippen LogP contribution in [0.25, 0.3) is 0 Å². The molecule has 0 bridgehead atoms. The zero-order valence-electron chi connectivity index (χ0n) is 19.4. The number of nitrogens with two attached hydrogens (primary N) is 1. The highest BCUT2D eigenvalue weighted by Crippen LogP contribution is 2.56. The van der Waals surface area contributed by atoms with Crippen molar-refractivity contribution in [3.05, 3.63) is 59.2 Å². The van der Waals surface area contributed by atoms with E-state index in [1.54, 1.807) is 0 Å². The Hall–Kier alpha value is -2.77. The molecule has 33 heavy (non-hydrogen) atoms. The number of ether oxygens (including phenoxy) is 2. The first-order chi connectivity index (χ1) is 15.2. The van der Waals surface area contributed by atoms with Gasteiger partial charge in [0.1, 0.15) is 5.84 Å². The number of hydrogen-bond acceptors (Lipinski definition) is 5. The first-order valence-corrected chi connectivity index (χ1v) is 11.1. The van der Waals surface area contributed by atoms with E-state index in [0.717, 1.165) is 22.6 Å². The number of carbonyl (C=O) groups is 1. The minimum atomic E-state index is -0.146. The fraction of sp³-hybridized carbons (Fsp3) is 0.440. The molecule has 1 amide bonds. The lowest BCUT2D eigenvalue weighted by Gasteiger charge is -2.39. The second-order valence-electron chi connectivity index (χ2n) is 9.69. The summed E-state index contributed by atoms with van der Waals surface area (Å²) in [4.78, 5) is 18.2. The molecule has 4 atom stereocenters.